The van der Waals surface area contributed by atoms with E-state index in [-0.39, 0.29) is 0 Å². The minimum atomic E-state index is -4.91. The molecule has 2 heterocycles. The normalized spacial score (nSPS) is 39.3. The smallest absolute Gasteiger partial charge is 0.382 e. The Morgan fingerprint density at radius 2 is 2.17 bits per heavy atom. The summed E-state index contributed by atoms with van der Waals surface area (Å²) >= 11 is 5.80. The van der Waals surface area contributed by atoms with E-state index in [0.717, 1.165) is 12.3 Å². The molecule has 5 unspecified atom stereocenters. The second kappa shape index (κ2) is 4.96. The molecule has 0 spiro atoms. The highest BCUT2D eigenvalue weighted by Gasteiger charge is 2.88. The standard InChI is InChI=1S/C10H11ClFN2O8P/c11-7-9(3-21-23(18,19)20)10(7,17)5(12)6(22-9)14-2-1-4(15)13-8(14)16/h1-2,5-7,17H,3H2,(H,13,15,16)(H2,18,19,20). The van der Waals surface area contributed by atoms with Gasteiger partial charge in [0, 0.05) is 12.3 Å². The van der Waals surface area contributed by atoms with E-state index in [9.17, 15) is 23.7 Å². The molecule has 1 saturated heterocycles. The van der Waals surface area contributed by atoms with Gasteiger partial charge in [0.1, 0.15) is 11.0 Å². The van der Waals surface area contributed by atoms with Gasteiger partial charge in [-0.3, -0.25) is 18.9 Å². The zero-order valence-electron chi connectivity index (χ0n) is 11.1. The van der Waals surface area contributed by atoms with Gasteiger partial charge in [0.15, 0.2) is 18.0 Å². The molecule has 0 radical (unpaired) electrons. The van der Waals surface area contributed by atoms with Crippen molar-refractivity contribution in [3.8, 4) is 0 Å². The fourth-order valence-electron chi connectivity index (χ4n) is 2.72. The number of rotatable bonds is 4. The van der Waals surface area contributed by atoms with Crippen LogP contribution < -0.4 is 11.2 Å². The average Bonchev–Trinajstić information content (AvgIpc) is 2.79. The van der Waals surface area contributed by atoms with E-state index in [2.05, 4.69) is 4.52 Å². The lowest BCUT2D eigenvalue weighted by molar-refractivity contribution is -0.0770. The monoisotopic (exact) mass is 372 g/mol. The third-order valence-electron chi connectivity index (χ3n) is 3.96. The largest absolute Gasteiger partial charge is 0.469 e. The predicted octanol–water partition coefficient (Wildman–Crippen LogP) is -1.40. The summed E-state index contributed by atoms with van der Waals surface area (Å²) in [6, 6.07) is 0.947. The van der Waals surface area contributed by atoms with Gasteiger partial charge in [0.05, 0.1) is 6.61 Å². The number of ether oxygens (including phenoxy) is 1. The first-order chi connectivity index (χ1) is 10.5. The molecule has 2 fully saturated rings. The lowest BCUT2D eigenvalue weighted by Gasteiger charge is -2.22. The van der Waals surface area contributed by atoms with E-state index in [0.29, 0.717) is 4.57 Å². The lowest BCUT2D eigenvalue weighted by atomic mass is 10.1. The van der Waals surface area contributed by atoms with Crippen LogP contribution in [0.15, 0.2) is 21.9 Å². The van der Waals surface area contributed by atoms with Crippen molar-refractivity contribution in [1.82, 2.24) is 9.55 Å². The fraction of sp³-hybridized carbons (Fsp3) is 0.600. The number of hydrogen-bond acceptors (Lipinski definition) is 6. The maximum absolute atomic E-state index is 14.5. The van der Waals surface area contributed by atoms with Crippen LogP contribution in [0.2, 0.25) is 0 Å². The van der Waals surface area contributed by atoms with Crippen LogP contribution in [0.3, 0.4) is 0 Å². The van der Waals surface area contributed by atoms with Gasteiger partial charge in [0.25, 0.3) is 5.56 Å². The van der Waals surface area contributed by atoms with Crippen LogP contribution in [0.5, 0.6) is 0 Å². The number of phosphoric ester groups is 1. The molecule has 2 aliphatic rings. The van der Waals surface area contributed by atoms with Crippen molar-refractivity contribution in [3.63, 3.8) is 0 Å². The summed E-state index contributed by atoms with van der Waals surface area (Å²) in [5, 5.41) is 8.95. The van der Waals surface area contributed by atoms with Gasteiger partial charge in [-0.15, -0.1) is 11.6 Å². The molecule has 0 bridgehead atoms. The summed E-state index contributed by atoms with van der Waals surface area (Å²) < 4.78 is 35.5. The number of nitrogens with one attached hydrogen (secondary N) is 1. The number of alkyl halides is 2. The molecule has 23 heavy (non-hydrogen) atoms. The van der Waals surface area contributed by atoms with Gasteiger partial charge < -0.3 is 19.6 Å². The van der Waals surface area contributed by atoms with Crippen molar-refractivity contribution in [3.05, 3.63) is 33.1 Å². The fourth-order valence-corrected chi connectivity index (χ4v) is 3.61. The van der Waals surface area contributed by atoms with Crippen molar-refractivity contribution in [2.24, 2.45) is 0 Å². The Kier molecular flexibility index (Phi) is 3.62. The first kappa shape index (κ1) is 16.8. The van der Waals surface area contributed by atoms with Crippen molar-refractivity contribution in [2.45, 2.75) is 29.0 Å². The molecule has 0 amide bonds. The molecule has 4 N–H and O–H groups in total. The molecule has 1 aromatic rings. The number of aromatic nitrogens is 2. The molecule has 10 nitrogen and oxygen atoms in total. The van der Waals surface area contributed by atoms with Crippen molar-refractivity contribution < 1.29 is 33.1 Å². The van der Waals surface area contributed by atoms with Gasteiger partial charge in [-0.25, -0.2) is 13.8 Å². The van der Waals surface area contributed by atoms with Crippen molar-refractivity contribution >= 4 is 19.4 Å². The number of H-pyrrole nitrogens is 1. The van der Waals surface area contributed by atoms with E-state index < -0.39 is 54.7 Å². The lowest BCUT2D eigenvalue weighted by Crippen LogP contribution is -2.39. The minimum absolute atomic E-state index is 0.693. The van der Waals surface area contributed by atoms with Crippen LogP contribution in [-0.4, -0.2) is 53.8 Å². The first-order valence-corrected chi connectivity index (χ1v) is 8.19. The molecule has 1 aliphatic carbocycles. The van der Waals surface area contributed by atoms with Gasteiger partial charge >= 0.3 is 13.5 Å². The number of halogens is 2. The Morgan fingerprint density at radius 1 is 1.52 bits per heavy atom. The maximum atomic E-state index is 14.5. The molecule has 128 valence electrons. The summed E-state index contributed by atoms with van der Waals surface area (Å²) in [6.07, 6.45) is -2.86. The Bertz CT molecular complexity index is 809. The summed E-state index contributed by atoms with van der Waals surface area (Å²) in [5.74, 6) is 0. The molecular formula is C10H11ClFN2O8P. The second-order valence-electron chi connectivity index (χ2n) is 5.27. The number of phosphoric acid groups is 1. The third kappa shape index (κ3) is 2.31. The van der Waals surface area contributed by atoms with Crippen LogP contribution in [0, 0.1) is 0 Å². The number of hydrogen-bond donors (Lipinski definition) is 4. The molecule has 1 aromatic heterocycles. The zero-order valence-corrected chi connectivity index (χ0v) is 12.8. The molecular weight excluding hydrogens is 362 g/mol. The van der Waals surface area contributed by atoms with Gasteiger partial charge in [-0.1, -0.05) is 0 Å². The number of nitrogens with zero attached hydrogens (tertiary/aromatic N) is 1. The topological polar surface area (TPSA) is 151 Å². The van der Waals surface area contributed by atoms with Crippen LogP contribution in [0.1, 0.15) is 6.23 Å². The Labute approximate surface area is 131 Å². The quantitative estimate of drug-likeness (QED) is 0.372. The van der Waals surface area contributed by atoms with E-state index in [1.807, 2.05) is 4.98 Å². The molecule has 13 heteroatoms. The van der Waals surface area contributed by atoms with Gasteiger partial charge in [-0.2, -0.15) is 0 Å². The minimum Gasteiger partial charge on any atom is -0.382 e. The van der Waals surface area contributed by atoms with E-state index in [1.54, 1.807) is 0 Å². The highest BCUT2D eigenvalue weighted by atomic mass is 35.5. The highest BCUT2D eigenvalue weighted by molar-refractivity contribution is 7.46. The van der Waals surface area contributed by atoms with Crippen LogP contribution in [-0.2, 0) is 13.8 Å². The predicted molar refractivity (Wildman–Crippen MR) is 71.7 cm³/mol. The zero-order chi connectivity index (χ0) is 17.2. The second-order valence-corrected chi connectivity index (χ2v) is 6.94. The Morgan fingerprint density at radius 3 is 2.74 bits per heavy atom. The summed E-state index contributed by atoms with van der Waals surface area (Å²) in [4.78, 5) is 42.1. The first-order valence-electron chi connectivity index (χ1n) is 6.23. The third-order valence-corrected chi connectivity index (χ3v) is 5.12. The summed E-state index contributed by atoms with van der Waals surface area (Å²) in [7, 11) is -4.91. The van der Waals surface area contributed by atoms with Crippen LogP contribution in [0.4, 0.5) is 4.39 Å². The van der Waals surface area contributed by atoms with E-state index in [1.165, 1.54) is 0 Å². The SMILES string of the molecule is O=c1ccn(C2OC3(COP(=O)(O)O)C(Cl)C3(O)C2F)c(=O)[nH]1. The van der Waals surface area contributed by atoms with E-state index >= 15 is 0 Å². The van der Waals surface area contributed by atoms with Crippen LogP contribution in [0.25, 0.3) is 0 Å². The summed E-state index contributed by atoms with van der Waals surface area (Å²) in [5.41, 5.74) is -5.90. The Balaban J connectivity index is 1.92. The number of aliphatic hydroxyl groups is 1. The molecule has 5 atom stereocenters. The molecule has 1 saturated carbocycles. The van der Waals surface area contributed by atoms with Gasteiger partial charge in [-0.05, 0) is 0 Å². The highest BCUT2D eigenvalue weighted by Crippen LogP contribution is 2.66. The van der Waals surface area contributed by atoms with Crippen molar-refractivity contribution in [2.75, 3.05) is 6.61 Å². The van der Waals surface area contributed by atoms with Crippen molar-refractivity contribution in [1.29, 1.82) is 0 Å². The molecule has 3 rings (SSSR count). The Hall–Kier alpha value is -1.07. The maximum Gasteiger partial charge on any atom is 0.469 e. The van der Waals surface area contributed by atoms with Gasteiger partial charge in [0.2, 0.25) is 0 Å². The molecule has 0 aromatic carbocycles. The summed E-state index contributed by atoms with van der Waals surface area (Å²) in [6.45, 7) is -0.878. The average molecular weight is 373 g/mol. The number of aromatic amines is 1. The van der Waals surface area contributed by atoms with Crippen LogP contribution >= 0.6 is 19.4 Å². The number of fused-ring (bicyclic) bond motifs is 1. The van der Waals surface area contributed by atoms with E-state index in [4.69, 9.17) is 26.1 Å². The molecule has 1 aliphatic heterocycles.